The van der Waals surface area contributed by atoms with Crippen molar-refractivity contribution in [3.63, 3.8) is 0 Å². The van der Waals surface area contributed by atoms with Gasteiger partial charge in [-0.3, -0.25) is 4.90 Å². The second-order valence-electron chi connectivity index (χ2n) is 5.63. The summed E-state index contributed by atoms with van der Waals surface area (Å²) in [5, 5.41) is 9.62. The number of rotatable bonds is 3. The highest BCUT2D eigenvalue weighted by Gasteiger charge is 2.36. The molecule has 2 saturated heterocycles. The minimum atomic E-state index is -0.404. The molecular weight excluding hydrogens is 188 g/mol. The second kappa shape index (κ2) is 4.40. The number of hydrogen-bond acceptors (Lipinski definition) is 3. The molecule has 2 fully saturated rings. The summed E-state index contributed by atoms with van der Waals surface area (Å²) in [7, 11) is 2.25. The van der Waals surface area contributed by atoms with Crippen molar-refractivity contribution in [2.24, 2.45) is 0 Å². The highest BCUT2D eigenvalue weighted by atomic mass is 16.3. The van der Waals surface area contributed by atoms with Crippen LogP contribution in [-0.2, 0) is 0 Å². The van der Waals surface area contributed by atoms with Gasteiger partial charge in [0.2, 0.25) is 0 Å². The van der Waals surface area contributed by atoms with Crippen molar-refractivity contribution < 1.29 is 5.11 Å². The van der Waals surface area contributed by atoms with Gasteiger partial charge in [-0.2, -0.15) is 0 Å². The summed E-state index contributed by atoms with van der Waals surface area (Å²) in [6.45, 7) is 6.08. The standard InChI is InChI=1S/C12H24N2O/c1-12(15)9-14(10-12)8-6-11-5-3-4-7-13(11)2/h11,15H,3-10H2,1-2H3. The molecular formula is C12H24N2O. The number of piperidine rings is 1. The number of aliphatic hydroxyl groups is 1. The lowest BCUT2D eigenvalue weighted by Crippen LogP contribution is -2.60. The monoisotopic (exact) mass is 212 g/mol. The third-order valence-corrected chi connectivity index (χ3v) is 3.83. The molecule has 0 aromatic rings. The highest BCUT2D eigenvalue weighted by Crippen LogP contribution is 2.22. The third kappa shape index (κ3) is 2.92. The molecule has 2 rings (SSSR count). The van der Waals surface area contributed by atoms with Gasteiger partial charge in [0.25, 0.3) is 0 Å². The molecule has 1 unspecified atom stereocenters. The van der Waals surface area contributed by atoms with E-state index in [0.29, 0.717) is 0 Å². The Labute approximate surface area is 93.1 Å². The highest BCUT2D eigenvalue weighted by molar-refractivity contribution is 4.91. The third-order valence-electron chi connectivity index (χ3n) is 3.83. The Hall–Kier alpha value is -0.120. The molecule has 2 heterocycles. The molecule has 0 saturated carbocycles. The van der Waals surface area contributed by atoms with Crippen LogP contribution in [0.5, 0.6) is 0 Å². The first-order valence-electron chi connectivity index (χ1n) is 6.22. The molecule has 3 heteroatoms. The quantitative estimate of drug-likeness (QED) is 0.754. The van der Waals surface area contributed by atoms with Crippen molar-refractivity contribution >= 4 is 0 Å². The molecule has 3 nitrogen and oxygen atoms in total. The van der Waals surface area contributed by atoms with Crippen molar-refractivity contribution in [1.82, 2.24) is 9.80 Å². The molecule has 2 aliphatic heterocycles. The number of likely N-dealkylation sites (tertiary alicyclic amines) is 2. The average molecular weight is 212 g/mol. The van der Waals surface area contributed by atoms with Crippen molar-refractivity contribution in [3.8, 4) is 0 Å². The minimum absolute atomic E-state index is 0.404. The molecule has 0 radical (unpaired) electrons. The van der Waals surface area contributed by atoms with Gasteiger partial charge in [-0.15, -0.1) is 0 Å². The number of nitrogens with zero attached hydrogens (tertiary/aromatic N) is 2. The molecule has 0 bridgehead atoms. The van der Waals surface area contributed by atoms with Crippen molar-refractivity contribution in [2.75, 3.05) is 33.2 Å². The van der Waals surface area contributed by atoms with Crippen LogP contribution in [0.15, 0.2) is 0 Å². The predicted octanol–water partition coefficient (Wildman–Crippen LogP) is 0.927. The van der Waals surface area contributed by atoms with Crippen LogP contribution in [-0.4, -0.2) is 59.8 Å². The van der Waals surface area contributed by atoms with Gasteiger partial charge < -0.3 is 10.0 Å². The Morgan fingerprint density at radius 3 is 2.67 bits per heavy atom. The van der Waals surface area contributed by atoms with Gasteiger partial charge in [0.05, 0.1) is 5.60 Å². The van der Waals surface area contributed by atoms with Crippen LogP contribution in [0, 0.1) is 0 Å². The molecule has 1 N–H and O–H groups in total. The molecule has 15 heavy (non-hydrogen) atoms. The first-order valence-corrected chi connectivity index (χ1v) is 6.22. The fourth-order valence-electron chi connectivity index (χ4n) is 2.92. The summed E-state index contributed by atoms with van der Waals surface area (Å²) in [5.41, 5.74) is -0.404. The van der Waals surface area contributed by atoms with E-state index in [4.69, 9.17) is 0 Å². The molecule has 88 valence electrons. The van der Waals surface area contributed by atoms with E-state index < -0.39 is 5.60 Å². The Balaban J connectivity index is 1.65. The topological polar surface area (TPSA) is 26.7 Å². The Morgan fingerprint density at radius 1 is 1.33 bits per heavy atom. The molecule has 2 aliphatic rings. The van der Waals surface area contributed by atoms with E-state index in [1.165, 1.54) is 32.2 Å². The van der Waals surface area contributed by atoms with Crippen LogP contribution in [0.3, 0.4) is 0 Å². The maximum Gasteiger partial charge on any atom is 0.0872 e. The lowest BCUT2D eigenvalue weighted by Gasteiger charge is -2.45. The van der Waals surface area contributed by atoms with Gasteiger partial charge in [0.1, 0.15) is 0 Å². The fraction of sp³-hybridized carbons (Fsp3) is 1.00. The van der Waals surface area contributed by atoms with Crippen LogP contribution in [0.25, 0.3) is 0 Å². The summed E-state index contributed by atoms with van der Waals surface area (Å²) < 4.78 is 0. The first kappa shape index (κ1) is 11.4. The summed E-state index contributed by atoms with van der Waals surface area (Å²) in [6, 6.07) is 0.782. The van der Waals surface area contributed by atoms with Crippen molar-refractivity contribution in [3.05, 3.63) is 0 Å². The van der Waals surface area contributed by atoms with E-state index in [2.05, 4.69) is 16.8 Å². The normalized spacial score (nSPS) is 32.6. The van der Waals surface area contributed by atoms with E-state index in [-0.39, 0.29) is 0 Å². The minimum Gasteiger partial charge on any atom is -0.388 e. The largest absolute Gasteiger partial charge is 0.388 e. The summed E-state index contributed by atoms with van der Waals surface area (Å²) in [6.07, 6.45) is 5.39. The SMILES string of the molecule is CN1CCCCC1CCN1CC(C)(O)C1. The molecule has 0 amide bonds. The van der Waals surface area contributed by atoms with Crippen molar-refractivity contribution in [2.45, 2.75) is 44.2 Å². The van der Waals surface area contributed by atoms with Crippen molar-refractivity contribution in [1.29, 1.82) is 0 Å². The van der Waals surface area contributed by atoms with Crippen LogP contribution in [0.4, 0.5) is 0 Å². The van der Waals surface area contributed by atoms with E-state index in [1.807, 2.05) is 6.92 Å². The maximum absolute atomic E-state index is 9.62. The molecule has 0 aliphatic carbocycles. The Bertz CT molecular complexity index is 210. The molecule has 0 spiro atoms. The number of β-amino-alcohol motifs (C(OH)–C–C–N with tert-alkyl or cyclic N) is 1. The van der Waals surface area contributed by atoms with Crippen LogP contribution in [0.2, 0.25) is 0 Å². The van der Waals surface area contributed by atoms with Gasteiger partial charge in [0, 0.05) is 19.1 Å². The van der Waals surface area contributed by atoms with Crippen LogP contribution >= 0.6 is 0 Å². The zero-order valence-electron chi connectivity index (χ0n) is 10.1. The number of hydrogen-bond donors (Lipinski definition) is 1. The first-order chi connectivity index (χ1) is 7.07. The summed E-state index contributed by atoms with van der Waals surface area (Å²) in [4.78, 5) is 4.86. The zero-order valence-corrected chi connectivity index (χ0v) is 10.1. The zero-order chi connectivity index (χ0) is 10.9. The second-order valence-corrected chi connectivity index (χ2v) is 5.63. The Morgan fingerprint density at radius 2 is 2.07 bits per heavy atom. The predicted molar refractivity (Wildman–Crippen MR) is 61.9 cm³/mol. The maximum atomic E-state index is 9.62. The Kier molecular flexibility index (Phi) is 3.33. The smallest absolute Gasteiger partial charge is 0.0872 e. The van der Waals surface area contributed by atoms with Gasteiger partial charge in [0.15, 0.2) is 0 Å². The lowest BCUT2D eigenvalue weighted by molar-refractivity contribution is -0.0853. The summed E-state index contributed by atoms with van der Waals surface area (Å²) in [5.74, 6) is 0. The van der Waals surface area contributed by atoms with E-state index in [1.54, 1.807) is 0 Å². The van der Waals surface area contributed by atoms with Gasteiger partial charge in [-0.1, -0.05) is 6.42 Å². The fourth-order valence-corrected chi connectivity index (χ4v) is 2.92. The van der Waals surface area contributed by atoms with E-state index in [0.717, 1.165) is 25.7 Å². The van der Waals surface area contributed by atoms with Crippen LogP contribution < -0.4 is 0 Å². The molecule has 0 aromatic heterocycles. The van der Waals surface area contributed by atoms with Gasteiger partial charge in [-0.25, -0.2) is 0 Å². The van der Waals surface area contributed by atoms with Crippen LogP contribution in [0.1, 0.15) is 32.6 Å². The van der Waals surface area contributed by atoms with Gasteiger partial charge >= 0.3 is 0 Å². The van der Waals surface area contributed by atoms with E-state index in [9.17, 15) is 5.11 Å². The summed E-state index contributed by atoms with van der Waals surface area (Å²) >= 11 is 0. The van der Waals surface area contributed by atoms with E-state index >= 15 is 0 Å². The average Bonchev–Trinajstić information content (AvgIpc) is 2.13. The van der Waals surface area contributed by atoms with Gasteiger partial charge in [-0.05, 0) is 46.3 Å². The molecule has 1 atom stereocenters. The molecule has 0 aromatic carbocycles. The lowest BCUT2D eigenvalue weighted by atomic mass is 9.94.